The van der Waals surface area contributed by atoms with Crippen molar-refractivity contribution in [3.63, 3.8) is 0 Å². The highest BCUT2D eigenvalue weighted by molar-refractivity contribution is 9.10. The van der Waals surface area contributed by atoms with Gasteiger partial charge in [-0.15, -0.1) is 0 Å². The lowest BCUT2D eigenvalue weighted by atomic mass is 10.0. The van der Waals surface area contributed by atoms with Gasteiger partial charge in [0.1, 0.15) is 10.3 Å². The molecule has 0 atom stereocenters. The third-order valence-corrected chi connectivity index (χ3v) is 4.34. The van der Waals surface area contributed by atoms with Crippen molar-refractivity contribution < 1.29 is 0 Å². The van der Waals surface area contributed by atoms with Gasteiger partial charge >= 0.3 is 0 Å². The summed E-state index contributed by atoms with van der Waals surface area (Å²) >= 11 is 3.34. The molecular weight excluding hydrogens is 328 g/mol. The molecule has 1 heterocycles. The average molecular weight is 349 g/mol. The molecule has 0 radical (unpaired) electrons. The SMILES string of the molecule is Cc1ccc(Cc2nc(CC(C)C)c(Br)c(=O)[nH]2)cc1C. The summed E-state index contributed by atoms with van der Waals surface area (Å²) in [4.78, 5) is 19.5. The molecule has 0 fully saturated rings. The molecule has 0 saturated carbocycles. The molecule has 0 saturated heterocycles. The number of aryl methyl sites for hydroxylation is 2. The first kappa shape index (κ1) is 16.0. The summed E-state index contributed by atoms with van der Waals surface area (Å²) in [7, 11) is 0. The molecule has 3 nitrogen and oxygen atoms in total. The van der Waals surface area contributed by atoms with Crippen molar-refractivity contribution in [1.82, 2.24) is 9.97 Å². The van der Waals surface area contributed by atoms with E-state index in [1.165, 1.54) is 16.7 Å². The van der Waals surface area contributed by atoms with Crippen LogP contribution in [0, 0.1) is 19.8 Å². The normalized spacial score (nSPS) is 11.1. The zero-order valence-electron chi connectivity index (χ0n) is 13.0. The molecule has 1 aromatic carbocycles. The first-order valence-electron chi connectivity index (χ1n) is 7.20. The van der Waals surface area contributed by atoms with Crippen LogP contribution >= 0.6 is 15.9 Å². The van der Waals surface area contributed by atoms with Crippen molar-refractivity contribution >= 4 is 15.9 Å². The van der Waals surface area contributed by atoms with Crippen molar-refractivity contribution in [1.29, 1.82) is 0 Å². The van der Waals surface area contributed by atoms with Gasteiger partial charge in [-0.1, -0.05) is 32.0 Å². The molecule has 0 aliphatic carbocycles. The summed E-state index contributed by atoms with van der Waals surface area (Å²) in [5.41, 5.74) is 4.44. The van der Waals surface area contributed by atoms with E-state index in [-0.39, 0.29) is 5.56 Å². The molecule has 0 aliphatic rings. The Bertz CT molecular complexity index is 704. The average Bonchev–Trinajstić information content (AvgIpc) is 2.39. The molecule has 0 aliphatic heterocycles. The Kier molecular flexibility index (Phi) is 4.99. The molecule has 21 heavy (non-hydrogen) atoms. The van der Waals surface area contributed by atoms with Gasteiger partial charge in [0.25, 0.3) is 5.56 Å². The molecule has 2 rings (SSSR count). The van der Waals surface area contributed by atoms with Crippen molar-refractivity contribution in [2.24, 2.45) is 5.92 Å². The molecule has 1 aromatic heterocycles. The molecule has 4 heteroatoms. The van der Waals surface area contributed by atoms with Crippen LogP contribution in [-0.2, 0) is 12.8 Å². The lowest BCUT2D eigenvalue weighted by Gasteiger charge is -2.09. The van der Waals surface area contributed by atoms with E-state index in [1.807, 2.05) is 0 Å². The van der Waals surface area contributed by atoms with E-state index in [1.54, 1.807) is 0 Å². The standard InChI is InChI=1S/C17H21BrN2O/c1-10(2)7-14-16(18)17(21)20-15(19-14)9-13-6-5-11(3)12(4)8-13/h5-6,8,10H,7,9H2,1-4H3,(H,19,20,21). The van der Waals surface area contributed by atoms with Crippen molar-refractivity contribution in [3.05, 3.63) is 61.2 Å². The Labute approximate surface area is 134 Å². The number of nitrogens with one attached hydrogen (secondary N) is 1. The van der Waals surface area contributed by atoms with Crippen LogP contribution in [-0.4, -0.2) is 9.97 Å². The van der Waals surface area contributed by atoms with Crippen LogP contribution in [0.1, 0.15) is 42.1 Å². The van der Waals surface area contributed by atoms with Gasteiger partial charge in [0, 0.05) is 6.42 Å². The Morgan fingerprint density at radius 3 is 2.57 bits per heavy atom. The zero-order chi connectivity index (χ0) is 15.6. The van der Waals surface area contributed by atoms with Crippen molar-refractivity contribution in [3.8, 4) is 0 Å². The van der Waals surface area contributed by atoms with E-state index in [4.69, 9.17) is 0 Å². The van der Waals surface area contributed by atoms with Crippen LogP contribution in [0.3, 0.4) is 0 Å². The van der Waals surface area contributed by atoms with Gasteiger partial charge < -0.3 is 4.98 Å². The summed E-state index contributed by atoms with van der Waals surface area (Å²) in [6, 6.07) is 6.35. The summed E-state index contributed by atoms with van der Waals surface area (Å²) in [5, 5.41) is 0. The predicted molar refractivity (Wildman–Crippen MR) is 89.8 cm³/mol. The quantitative estimate of drug-likeness (QED) is 0.909. The molecule has 1 N–H and O–H groups in total. The number of aromatic nitrogens is 2. The molecule has 0 amide bonds. The summed E-state index contributed by atoms with van der Waals surface area (Å²) < 4.78 is 0.556. The largest absolute Gasteiger partial charge is 0.309 e. The highest BCUT2D eigenvalue weighted by Crippen LogP contribution is 2.16. The number of aromatic amines is 1. The number of nitrogens with zero attached hydrogens (tertiary/aromatic N) is 1. The van der Waals surface area contributed by atoms with Crippen LogP contribution in [0.15, 0.2) is 27.5 Å². The molecule has 0 bridgehead atoms. The van der Waals surface area contributed by atoms with E-state index >= 15 is 0 Å². The first-order valence-corrected chi connectivity index (χ1v) is 7.99. The van der Waals surface area contributed by atoms with Gasteiger partial charge in [-0.3, -0.25) is 4.79 Å². The predicted octanol–water partition coefficient (Wildman–Crippen LogP) is 3.94. The van der Waals surface area contributed by atoms with E-state index in [0.717, 1.165) is 17.9 Å². The van der Waals surface area contributed by atoms with Gasteiger partial charge in [0.2, 0.25) is 0 Å². The molecule has 2 aromatic rings. The molecule has 0 spiro atoms. The zero-order valence-corrected chi connectivity index (χ0v) is 14.5. The fourth-order valence-electron chi connectivity index (χ4n) is 2.27. The lowest BCUT2D eigenvalue weighted by Crippen LogP contribution is -2.17. The third kappa shape index (κ3) is 4.03. The lowest BCUT2D eigenvalue weighted by molar-refractivity contribution is 0.627. The van der Waals surface area contributed by atoms with Gasteiger partial charge in [-0.25, -0.2) is 4.98 Å². The van der Waals surface area contributed by atoms with Gasteiger partial charge in [-0.2, -0.15) is 0 Å². The Morgan fingerprint density at radius 1 is 1.24 bits per heavy atom. The minimum atomic E-state index is -0.0977. The molecular formula is C17H21BrN2O. The first-order chi connectivity index (χ1) is 9.86. The van der Waals surface area contributed by atoms with Gasteiger partial charge in [0.15, 0.2) is 0 Å². The second-order valence-electron chi connectivity index (χ2n) is 5.97. The number of halogens is 1. The monoisotopic (exact) mass is 348 g/mol. The van der Waals surface area contributed by atoms with Crippen LogP contribution in [0.2, 0.25) is 0 Å². The van der Waals surface area contributed by atoms with Crippen molar-refractivity contribution in [2.45, 2.75) is 40.5 Å². The number of benzene rings is 1. The fraction of sp³-hybridized carbons (Fsp3) is 0.412. The number of hydrogen-bond donors (Lipinski definition) is 1. The molecule has 112 valence electrons. The summed E-state index contributed by atoms with van der Waals surface area (Å²) in [6.07, 6.45) is 1.44. The Hall–Kier alpha value is -1.42. The van der Waals surface area contributed by atoms with Gasteiger partial charge in [-0.05, 0) is 58.8 Å². The maximum Gasteiger partial charge on any atom is 0.265 e. The van der Waals surface area contributed by atoms with E-state index in [2.05, 4.69) is 71.8 Å². The van der Waals surface area contributed by atoms with E-state index in [0.29, 0.717) is 16.8 Å². The highest BCUT2D eigenvalue weighted by Gasteiger charge is 2.11. The van der Waals surface area contributed by atoms with E-state index in [9.17, 15) is 4.79 Å². The van der Waals surface area contributed by atoms with Crippen LogP contribution in [0.4, 0.5) is 0 Å². The number of hydrogen-bond acceptors (Lipinski definition) is 2. The topological polar surface area (TPSA) is 45.8 Å². The maximum absolute atomic E-state index is 12.0. The summed E-state index contributed by atoms with van der Waals surface area (Å²) in [6.45, 7) is 8.44. The Morgan fingerprint density at radius 2 is 1.95 bits per heavy atom. The minimum Gasteiger partial charge on any atom is -0.309 e. The fourth-order valence-corrected chi connectivity index (χ4v) is 2.62. The number of rotatable bonds is 4. The van der Waals surface area contributed by atoms with Crippen molar-refractivity contribution in [2.75, 3.05) is 0 Å². The van der Waals surface area contributed by atoms with Crippen LogP contribution < -0.4 is 5.56 Å². The molecule has 0 unspecified atom stereocenters. The highest BCUT2D eigenvalue weighted by atomic mass is 79.9. The summed E-state index contributed by atoms with van der Waals surface area (Å²) in [5.74, 6) is 1.19. The Balaban J connectivity index is 2.33. The van der Waals surface area contributed by atoms with E-state index < -0.39 is 0 Å². The minimum absolute atomic E-state index is 0.0977. The van der Waals surface area contributed by atoms with Crippen LogP contribution in [0.25, 0.3) is 0 Å². The second kappa shape index (κ2) is 6.56. The number of H-pyrrole nitrogens is 1. The second-order valence-corrected chi connectivity index (χ2v) is 6.76. The maximum atomic E-state index is 12.0. The third-order valence-electron chi connectivity index (χ3n) is 3.52. The smallest absolute Gasteiger partial charge is 0.265 e. The van der Waals surface area contributed by atoms with Crippen LogP contribution in [0.5, 0.6) is 0 Å². The van der Waals surface area contributed by atoms with Gasteiger partial charge in [0.05, 0.1) is 5.69 Å².